The summed E-state index contributed by atoms with van der Waals surface area (Å²) >= 11 is 0. The van der Waals surface area contributed by atoms with Crippen molar-refractivity contribution >= 4 is 5.97 Å². The van der Waals surface area contributed by atoms with Crippen LogP contribution in [0.5, 0.6) is 17.2 Å². The zero-order valence-corrected chi connectivity index (χ0v) is 13.4. The minimum absolute atomic E-state index is 0.191. The Morgan fingerprint density at radius 1 is 1.04 bits per heavy atom. The lowest BCUT2D eigenvalue weighted by Crippen LogP contribution is -2.29. The topological polar surface area (TPSA) is 65.0 Å². The lowest BCUT2D eigenvalue weighted by molar-refractivity contribution is -0.145. The van der Waals surface area contributed by atoms with E-state index in [2.05, 4.69) is 0 Å². The van der Waals surface area contributed by atoms with Crippen LogP contribution in [0.1, 0.15) is 11.1 Å². The van der Waals surface area contributed by atoms with Crippen LogP contribution in [0, 0.1) is 6.92 Å². The van der Waals surface area contributed by atoms with Gasteiger partial charge in [-0.1, -0.05) is 23.8 Å². The number of methoxy groups -OCH3 is 2. The largest absolute Gasteiger partial charge is 0.497 e. The molecule has 0 bridgehead atoms. The Morgan fingerprint density at radius 2 is 1.70 bits per heavy atom. The SMILES string of the molecule is COc1ccc(CC(Oc2ccc(C)cc2)C(=O)O)c(OC)c1. The standard InChI is InChI=1S/C18H20O5/c1-12-4-7-14(8-5-12)23-17(18(19)20)10-13-6-9-15(21-2)11-16(13)22-3/h4-9,11,17H,10H2,1-3H3,(H,19,20). The minimum atomic E-state index is -1.02. The molecule has 1 atom stereocenters. The van der Waals surface area contributed by atoms with Gasteiger partial charge in [-0.15, -0.1) is 0 Å². The maximum atomic E-state index is 11.5. The molecule has 2 aromatic carbocycles. The third kappa shape index (κ3) is 4.39. The highest BCUT2D eigenvalue weighted by Gasteiger charge is 2.22. The molecule has 0 saturated carbocycles. The number of hydrogen-bond acceptors (Lipinski definition) is 4. The van der Waals surface area contributed by atoms with Crippen molar-refractivity contribution in [1.29, 1.82) is 0 Å². The second kappa shape index (κ2) is 7.54. The van der Waals surface area contributed by atoms with Crippen molar-refractivity contribution in [2.45, 2.75) is 19.4 Å². The number of hydrogen-bond donors (Lipinski definition) is 1. The van der Waals surface area contributed by atoms with Gasteiger partial charge in [0.05, 0.1) is 14.2 Å². The molecule has 0 spiro atoms. The molecular formula is C18H20O5. The highest BCUT2D eigenvalue weighted by Crippen LogP contribution is 2.26. The van der Waals surface area contributed by atoms with E-state index in [-0.39, 0.29) is 6.42 Å². The fourth-order valence-corrected chi connectivity index (χ4v) is 2.18. The molecular weight excluding hydrogens is 296 g/mol. The van der Waals surface area contributed by atoms with Gasteiger partial charge >= 0.3 is 5.97 Å². The predicted molar refractivity (Wildman–Crippen MR) is 86.5 cm³/mol. The molecule has 2 aromatic rings. The van der Waals surface area contributed by atoms with Gasteiger partial charge in [-0.25, -0.2) is 4.79 Å². The molecule has 0 saturated heterocycles. The number of carbonyl (C=O) groups is 1. The minimum Gasteiger partial charge on any atom is -0.497 e. The summed E-state index contributed by atoms with van der Waals surface area (Å²) in [6.07, 6.45) is -0.809. The normalized spacial score (nSPS) is 11.6. The van der Waals surface area contributed by atoms with E-state index >= 15 is 0 Å². The smallest absolute Gasteiger partial charge is 0.345 e. The Balaban J connectivity index is 2.19. The molecule has 1 N–H and O–H groups in total. The Bertz CT molecular complexity index is 664. The molecule has 23 heavy (non-hydrogen) atoms. The van der Waals surface area contributed by atoms with E-state index in [9.17, 15) is 9.90 Å². The summed E-state index contributed by atoms with van der Waals surface area (Å²) in [7, 11) is 3.10. The van der Waals surface area contributed by atoms with E-state index in [1.165, 1.54) is 7.11 Å². The highest BCUT2D eigenvalue weighted by atomic mass is 16.5. The third-order valence-electron chi connectivity index (χ3n) is 3.47. The Kier molecular flexibility index (Phi) is 5.46. The van der Waals surface area contributed by atoms with E-state index in [0.29, 0.717) is 17.2 Å². The van der Waals surface area contributed by atoms with Gasteiger partial charge < -0.3 is 19.3 Å². The highest BCUT2D eigenvalue weighted by molar-refractivity contribution is 5.73. The van der Waals surface area contributed by atoms with E-state index in [0.717, 1.165) is 11.1 Å². The molecule has 122 valence electrons. The van der Waals surface area contributed by atoms with Gasteiger partial charge in [0.1, 0.15) is 17.2 Å². The Morgan fingerprint density at radius 3 is 2.26 bits per heavy atom. The molecule has 5 heteroatoms. The van der Waals surface area contributed by atoms with Gasteiger partial charge in [-0.3, -0.25) is 0 Å². The quantitative estimate of drug-likeness (QED) is 0.850. The molecule has 0 aliphatic heterocycles. The number of aliphatic carboxylic acids is 1. The average molecular weight is 316 g/mol. The van der Waals surface area contributed by atoms with Crippen LogP contribution >= 0.6 is 0 Å². The predicted octanol–water partition coefficient (Wildman–Crippen LogP) is 3.09. The summed E-state index contributed by atoms with van der Waals surface area (Å²) in [6, 6.07) is 12.5. The fraction of sp³-hybridized carbons (Fsp3) is 0.278. The van der Waals surface area contributed by atoms with Gasteiger partial charge in [-0.05, 0) is 30.7 Å². The van der Waals surface area contributed by atoms with Gasteiger partial charge in [0.2, 0.25) is 0 Å². The number of carboxylic acid groups (broad SMARTS) is 1. The summed E-state index contributed by atoms with van der Waals surface area (Å²) in [5.41, 5.74) is 1.83. The maximum Gasteiger partial charge on any atom is 0.345 e. The number of benzene rings is 2. The summed E-state index contributed by atoms with van der Waals surface area (Å²) in [4.78, 5) is 11.5. The first-order valence-corrected chi connectivity index (χ1v) is 7.20. The zero-order chi connectivity index (χ0) is 16.8. The van der Waals surface area contributed by atoms with Crippen LogP contribution < -0.4 is 14.2 Å². The molecule has 0 amide bonds. The Labute approximate surface area is 135 Å². The molecule has 1 unspecified atom stereocenters. The van der Waals surface area contributed by atoms with Gasteiger partial charge in [0, 0.05) is 12.5 Å². The van der Waals surface area contributed by atoms with Crippen LogP contribution in [0.2, 0.25) is 0 Å². The second-order valence-corrected chi connectivity index (χ2v) is 5.14. The van der Waals surface area contributed by atoms with E-state index in [4.69, 9.17) is 14.2 Å². The molecule has 2 rings (SSSR count). The molecule has 5 nitrogen and oxygen atoms in total. The van der Waals surface area contributed by atoms with Crippen LogP contribution in [0.15, 0.2) is 42.5 Å². The summed E-state index contributed by atoms with van der Waals surface area (Å²) in [5, 5.41) is 9.42. The average Bonchev–Trinajstić information content (AvgIpc) is 2.56. The van der Waals surface area contributed by atoms with Gasteiger partial charge in [-0.2, -0.15) is 0 Å². The molecule has 0 radical (unpaired) electrons. The van der Waals surface area contributed by atoms with Crippen LogP contribution in [0.3, 0.4) is 0 Å². The first-order valence-electron chi connectivity index (χ1n) is 7.20. The van der Waals surface area contributed by atoms with Crippen LogP contribution in [-0.4, -0.2) is 31.4 Å². The van der Waals surface area contributed by atoms with Gasteiger partial charge in [0.15, 0.2) is 6.10 Å². The number of ether oxygens (including phenoxy) is 3. The van der Waals surface area contributed by atoms with Gasteiger partial charge in [0.25, 0.3) is 0 Å². The first-order chi connectivity index (χ1) is 11.0. The van der Waals surface area contributed by atoms with E-state index in [1.54, 1.807) is 37.4 Å². The third-order valence-corrected chi connectivity index (χ3v) is 3.47. The van der Waals surface area contributed by atoms with Crippen LogP contribution in [-0.2, 0) is 11.2 Å². The fourth-order valence-electron chi connectivity index (χ4n) is 2.18. The number of rotatable bonds is 7. The van der Waals surface area contributed by atoms with E-state index < -0.39 is 12.1 Å². The number of aryl methyl sites for hydroxylation is 1. The maximum absolute atomic E-state index is 11.5. The van der Waals surface area contributed by atoms with Crippen molar-refractivity contribution in [2.75, 3.05) is 14.2 Å². The summed E-state index contributed by atoms with van der Waals surface area (Å²) in [5.74, 6) is 0.721. The van der Waals surface area contributed by atoms with Crippen molar-refractivity contribution in [3.63, 3.8) is 0 Å². The lowest BCUT2D eigenvalue weighted by atomic mass is 10.1. The lowest BCUT2D eigenvalue weighted by Gasteiger charge is -2.17. The van der Waals surface area contributed by atoms with Crippen LogP contribution in [0.25, 0.3) is 0 Å². The summed E-state index contributed by atoms with van der Waals surface area (Å²) < 4.78 is 16.1. The van der Waals surface area contributed by atoms with Crippen molar-refractivity contribution in [1.82, 2.24) is 0 Å². The van der Waals surface area contributed by atoms with E-state index in [1.807, 2.05) is 19.1 Å². The summed E-state index contributed by atoms with van der Waals surface area (Å²) in [6.45, 7) is 1.96. The van der Waals surface area contributed by atoms with Crippen molar-refractivity contribution in [3.05, 3.63) is 53.6 Å². The molecule has 0 aliphatic carbocycles. The molecule has 0 aromatic heterocycles. The first kappa shape index (κ1) is 16.7. The van der Waals surface area contributed by atoms with Crippen molar-refractivity contribution in [3.8, 4) is 17.2 Å². The number of carboxylic acids is 1. The second-order valence-electron chi connectivity index (χ2n) is 5.14. The Hall–Kier alpha value is -2.69. The van der Waals surface area contributed by atoms with Crippen molar-refractivity contribution < 1.29 is 24.1 Å². The molecule has 0 heterocycles. The monoisotopic (exact) mass is 316 g/mol. The van der Waals surface area contributed by atoms with Crippen molar-refractivity contribution in [2.24, 2.45) is 0 Å². The molecule has 0 aliphatic rings. The van der Waals surface area contributed by atoms with Crippen LogP contribution in [0.4, 0.5) is 0 Å². The molecule has 0 fully saturated rings. The zero-order valence-electron chi connectivity index (χ0n) is 13.4.